The normalized spacial score (nSPS) is 35.0. The first kappa shape index (κ1) is 7.92. The maximum Gasteiger partial charge on any atom is 0.151 e. The first-order chi connectivity index (χ1) is 4.54. The van der Waals surface area contributed by atoms with E-state index >= 15 is 0 Å². The molecule has 0 fully saturated rings. The maximum absolute atomic E-state index is 5.23. The molecule has 0 spiro atoms. The van der Waals surface area contributed by atoms with E-state index in [4.69, 9.17) is 4.84 Å². The molecule has 0 amide bonds. The Labute approximate surface area is 67.0 Å². The molecule has 0 aromatic heterocycles. The highest BCUT2D eigenvalue weighted by Gasteiger charge is 2.36. The molecular formula is C7H13NOS. The van der Waals surface area contributed by atoms with Gasteiger partial charge in [-0.05, 0) is 20.8 Å². The fourth-order valence-corrected chi connectivity index (χ4v) is 1.12. The number of oxime groups is 1. The van der Waals surface area contributed by atoms with Gasteiger partial charge in [0.05, 0.1) is 5.71 Å². The maximum atomic E-state index is 5.23. The highest BCUT2D eigenvalue weighted by molar-refractivity contribution is 7.81. The third kappa shape index (κ3) is 1.29. The number of rotatable bonds is 1. The van der Waals surface area contributed by atoms with Crippen molar-refractivity contribution in [2.45, 2.75) is 38.0 Å². The molecule has 3 heteroatoms. The fraction of sp³-hybridized carbons (Fsp3) is 0.857. The zero-order valence-electron chi connectivity index (χ0n) is 6.59. The molecule has 0 N–H and O–H groups in total. The highest BCUT2D eigenvalue weighted by atomic mass is 32.1. The molecule has 1 rings (SSSR count). The molecule has 1 aliphatic heterocycles. The van der Waals surface area contributed by atoms with Crippen molar-refractivity contribution in [1.29, 1.82) is 0 Å². The predicted octanol–water partition coefficient (Wildman–Crippen LogP) is 1.86. The van der Waals surface area contributed by atoms with Crippen LogP contribution in [0.5, 0.6) is 0 Å². The lowest BCUT2D eigenvalue weighted by atomic mass is 9.97. The van der Waals surface area contributed by atoms with Crippen LogP contribution in [-0.2, 0) is 4.84 Å². The quantitative estimate of drug-likeness (QED) is 0.579. The Hall–Kier alpha value is -0.180. The average molecular weight is 159 g/mol. The van der Waals surface area contributed by atoms with Gasteiger partial charge >= 0.3 is 0 Å². The summed E-state index contributed by atoms with van der Waals surface area (Å²) in [4.78, 5) is 5.23. The molecule has 2 atom stereocenters. The Morgan fingerprint density at radius 2 is 2.40 bits per heavy atom. The molecule has 0 aromatic rings. The summed E-state index contributed by atoms with van der Waals surface area (Å²) in [6.45, 7) is 6.03. The molecule has 0 aliphatic carbocycles. The molecule has 2 nitrogen and oxygen atoms in total. The van der Waals surface area contributed by atoms with Gasteiger partial charge in [0.1, 0.15) is 0 Å². The van der Waals surface area contributed by atoms with Crippen molar-refractivity contribution in [2.24, 2.45) is 5.16 Å². The van der Waals surface area contributed by atoms with Crippen LogP contribution in [0.2, 0.25) is 0 Å². The fourth-order valence-electron chi connectivity index (χ4n) is 0.979. The molecule has 1 aliphatic rings. The van der Waals surface area contributed by atoms with Crippen molar-refractivity contribution < 1.29 is 4.84 Å². The van der Waals surface area contributed by atoms with Crippen molar-refractivity contribution >= 4 is 18.3 Å². The molecule has 58 valence electrons. The van der Waals surface area contributed by atoms with E-state index in [9.17, 15) is 0 Å². The second-order valence-corrected chi connectivity index (χ2v) is 3.86. The van der Waals surface area contributed by atoms with Crippen LogP contribution in [-0.4, -0.2) is 16.6 Å². The van der Waals surface area contributed by atoms with Crippen LogP contribution < -0.4 is 0 Å². The van der Waals surface area contributed by atoms with E-state index < -0.39 is 0 Å². The van der Waals surface area contributed by atoms with E-state index in [1.54, 1.807) is 0 Å². The van der Waals surface area contributed by atoms with Gasteiger partial charge in [0.2, 0.25) is 0 Å². The summed E-state index contributed by atoms with van der Waals surface area (Å²) in [5, 5.41) is 4.11. The molecule has 0 aromatic carbocycles. The van der Waals surface area contributed by atoms with E-state index in [2.05, 4.69) is 17.8 Å². The highest BCUT2D eigenvalue weighted by Crippen LogP contribution is 2.29. The monoisotopic (exact) mass is 159 g/mol. The van der Waals surface area contributed by atoms with Crippen LogP contribution in [0.1, 0.15) is 27.2 Å². The Morgan fingerprint density at radius 3 is 2.60 bits per heavy atom. The lowest BCUT2D eigenvalue weighted by molar-refractivity contribution is -0.00105. The van der Waals surface area contributed by atoms with Crippen molar-refractivity contribution in [2.75, 3.05) is 0 Å². The van der Waals surface area contributed by atoms with Gasteiger partial charge in [0.15, 0.2) is 5.60 Å². The lowest BCUT2D eigenvalue weighted by Crippen LogP contribution is -2.33. The largest absolute Gasteiger partial charge is 0.388 e. The summed E-state index contributed by atoms with van der Waals surface area (Å²) >= 11 is 4.32. The van der Waals surface area contributed by atoms with E-state index in [0.717, 1.165) is 12.1 Å². The standard InChI is InChI=1S/C7H13NOS/c1-5-4-7(3,6(2)10)9-8-5/h6,10H,4H2,1-3H3. The van der Waals surface area contributed by atoms with Gasteiger partial charge in [-0.1, -0.05) is 5.16 Å². The zero-order valence-corrected chi connectivity index (χ0v) is 7.48. The molecule has 1 heterocycles. The topological polar surface area (TPSA) is 21.6 Å². The Balaban J connectivity index is 2.61. The summed E-state index contributed by atoms with van der Waals surface area (Å²) in [5.41, 5.74) is 0.885. The number of hydrogen-bond donors (Lipinski definition) is 1. The number of thiol groups is 1. The Morgan fingerprint density at radius 1 is 1.80 bits per heavy atom. The van der Waals surface area contributed by atoms with Crippen molar-refractivity contribution in [3.8, 4) is 0 Å². The molecular weight excluding hydrogens is 146 g/mol. The predicted molar refractivity (Wildman–Crippen MR) is 45.7 cm³/mol. The van der Waals surface area contributed by atoms with Gasteiger partial charge in [-0.15, -0.1) is 0 Å². The smallest absolute Gasteiger partial charge is 0.151 e. The van der Waals surface area contributed by atoms with Gasteiger partial charge < -0.3 is 4.84 Å². The van der Waals surface area contributed by atoms with E-state index in [1.165, 1.54) is 0 Å². The van der Waals surface area contributed by atoms with Gasteiger partial charge in [-0.3, -0.25) is 0 Å². The van der Waals surface area contributed by atoms with Crippen molar-refractivity contribution in [1.82, 2.24) is 0 Å². The summed E-state index contributed by atoms with van der Waals surface area (Å²) in [5.74, 6) is 0. The second-order valence-electron chi connectivity index (χ2n) is 3.08. The van der Waals surface area contributed by atoms with Crippen LogP contribution in [0.4, 0.5) is 0 Å². The molecule has 2 unspecified atom stereocenters. The van der Waals surface area contributed by atoms with Crippen molar-refractivity contribution in [3.63, 3.8) is 0 Å². The Bertz CT molecular complexity index is 167. The summed E-state index contributed by atoms with van der Waals surface area (Å²) in [6, 6.07) is 0. The van der Waals surface area contributed by atoms with E-state index in [-0.39, 0.29) is 10.9 Å². The summed E-state index contributed by atoms with van der Waals surface area (Å²) in [7, 11) is 0. The minimum absolute atomic E-state index is 0.173. The van der Waals surface area contributed by atoms with Gasteiger partial charge in [0.25, 0.3) is 0 Å². The molecule has 0 saturated heterocycles. The molecule has 0 bridgehead atoms. The van der Waals surface area contributed by atoms with Crippen LogP contribution in [0, 0.1) is 0 Å². The third-order valence-electron chi connectivity index (χ3n) is 1.90. The Kier molecular flexibility index (Phi) is 1.95. The third-order valence-corrected chi connectivity index (χ3v) is 2.45. The lowest BCUT2D eigenvalue weighted by Gasteiger charge is -2.24. The van der Waals surface area contributed by atoms with E-state index in [0.29, 0.717) is 0 Å². The molecule has 10 heavy (non-hydrogen) atoms. The molecule has 0 radical (unpaired) electrons. The van der Waals surface area contributed by atoms with Crippen LogP contribution >= 0.6 is 12.6 Å². The summed E-state index contributed by atoms with van der Waals surface area (Å²) in [6.07, 6.45) is 0.900. The molecule has 0 saturated carbocycles. The number of nitrogens with zero attached hydrogens (tertiary/aromatic N) is 1. The summed E-state index contributed by atoms with van der Waals surface area (Å²) < 4.78 is 0. The van der Waals surface area contributed by atoms with Gasteiger partial charge in [-0.2, -0.15) is 12.6 Å². The zero-order chi connectivity index (χ0) is 7.78. The average Bonchev–Trinajstić information content (AvgIpc) is 2.13. The van der Waals surface area contributed by atoms with Gasteiger partial charge in [-0.25, -0.2) is 0 Å². The number of hydrogen-bond acceptors (Lipinski definition) is 3. The SMILES string of the molecule is CC1=NOC(C)(C(C)S)C1. The first-order valence-corrected chi connectivity index (χ1v) is 3.96. The van der Waals surface area contributed by atoms with E-state index in [1.807, 2.05) is 20.8 Å². The second kappa shape index (κ2) is 2.46. The minimum atomic E-state index is -0.173. The van der Waals surface area contributed by atoms with Crippen molar-refractivity contribution in [3.05, 3.63) is 0 Å². The minimum Gasteiger partial charge on any atom is -0.388 e. The van der Waals surface area contributed by atoms with Crippen LogP contribution in [0.25, 0.3) is 0 Å². The van der Waals surface area contributed by atoms with Crippen LogP contribution in [0.15, 0.2) is 5.16 Å². The first-order valence-electron chi connectivity index (χ1n) is 3.44. The van der Waals surface area contributed by atoms with Gasteiger partial charge in [0, 0.05) is 11.7 Å². The van der Waals surface area contributed by atoms with Crippen LogP contribution in [0.3, 0.4) is 0 Å².